The summed E-state index contributed by atoms with van der Waals surface area (Å²) in [5, 5.41) is 2.53. The normalized spacial score (nSPS) is 20.3. The lowest BCUT2D eigenvalue weighted by Gasteiger charge is -2.46. The van der Waals surface area contributed by atoms with Gasteiger partial charge in [-0.15, -0.1) is 0 Å². The Morgan fingerprint density at radius 3 is 1.49 bits per heavy atom. The van der Waals surface area contributed by atoms with E-state index in [-0.39, 0.29) is 53.1 Å². The highest BCUT2D eigenvalue weighted by Crippen LogP contribution is 2.40. The highest BCUT2D eigenvalue weighted by atomic mass is 28.4. The van der Waals surface area contributed by atoms with Crippen LogP contribution in [0.1, 0.15) is 84.9 Å². The number of rotatable bonds is 21. The minimum absolute atomic E-state index is 0.0108. The van der Waals surface area contributed by atoms with Crippen LogP contribution in [0.2, 0.25) is 5.04 Å². The fourth-order valence-electron chi connectivity index (χ4n) is 9.74. The second-order valence-corrected chi connectivity index (χ2v) is 23.2. The number of hydrogen-bond donors (Lipinski definition) is 0. The number of ether oxygens (including phenoxy) is 4. The van der Waals surface area contributed by atoms with Crippen LogP contribution in [0.25, 0.3) is 0 Å². The van der Waals surface area contributed by atoms with Gasteiger partial charge in [0.15, 0.2) is 0 Å². The van der Waals surface area contributed by atoms with Gasteiger partial charge in [0, 0.05) is 30.3 Å². The molecular formula is C55H72O5Si. The monoisotopic (exact) mass is 841 g/mol. The minimum Gasteiger partial charge on any atom is -0.407 e. The Bertz CT molecular complexity index is 1920. The topological polar surface area (TPSA) is 46.2 Å². The molecule has 6 rings (SSSR count). The average molecular weight is 841 g/mol. The van der Waals surface area contributed by atoms with Gasteiger partial charge >= 0.3 is 0 Å². The summed E-state index contributed by atoms with van der Waals surface area (Å²) in [6.07, 6.45) is 1.94. The van der Waals surface area contributed by atoms with Gasteiger partial charge in [0.1, 0.15) is 0 Å². The first-order valence-electron chi connectivity index (χ1n) is 22.8. The van der Waals surface area contributed by atoms with Crippen LogP contribution < -0.4 is 10.4 Å². The lowest BCUT2D eigenvalue weighted by atomic mass is 9.76. The van der Waals surface area contributed by atoms with Crippen LogP contribution in [-0.2, 0) is 43.2 Å². The summed E-state index contributed by atoms with van der Waals surface area (Å²) >= 11 is 0. The predicted octanol–water partition coefficient (Wildman–Crippen LogP) is 11.7. The van der Waals surface area contributed by atoms with Crippen molar-refractivity contribution in [3.05, 3.63) is 168 Å². The van der Waals surface area contributed by atoms with Crippen molar-refractivity contribution in [1.82, 2.24) is 0 Å². The largest absolute Gasteiger partial charge is 0.407 e. The van der Waals surface area contributed by atoms with Crippen molar-refractivity contribution in [2.24, 2.45) is 29.6 Å². The van der Waals surface area contributed by atoms with Gasteiger partial charge in [0.2, 0.25) is 0 Å². The molecule has 0 spiro atoms. The zero-order valence-corrected chi connectivity index (χ0v) is 39.1. The molecule has 1 fully saturated rings. The van der Waals surface area contributed by atoms with Gasteiger partial charge in [0.25, 0.3) is 8.32 Å². The SMILES string of the molecule is C[C@H]([C@H](OCc1ccccc1)[C@H](C)[C@H]1O[C@H]([C@H](C)CO[Si](c2ccccc2)(c2ccccc2)C(C)(C)C)CC[C@@H]1C)[C@@H](OCc1ccccc1)[C@@H](C)COCc1ccccc1. The van der Waals surface area contributed by atoms with E-state index in [4.69, 9.17) is 23.4 Å². The Hall–Kier alpha value is -3.88. The van der Waals surface area contributed by atoms with Gasteiger partial charge < -0.3 is 23.4 Å². The molecule has 6 heteroatoms. The lowest BCUT2D eigenvalue weighted by Crippen LogP contribution is -2.67. The van der Waals surface area contributed by atoms with Crippen molar-refractivity contribution in [3.63, 3.8) is 0 Å². The Balaban J connectivity index is 1.23. The Morgan fingerprint density at radius 2 is 1.02 bits per heavy atom. The van der Waals surface area contributed by atoms with Crippen molar-refractivity contribution < 1.29 is 23.4 Å². The highest BCUT2D eigenvalue weighted by Gasteiger charge is 2.51. The minimum atomic E-state index is -2.69. The zero-order chi connectivity index (χ0) is 43.2. The van der Waals surface area contributed by atoms with Crippen molar-refractivity contribution in [2.45, 2.75) is 118 Å². The van der Waals surface area contributed by atoms with E-state index in [1.807, 2.05) is 6.07 Å². The van der Waals surface area contributed by atoms with Crippen molar-refractivity contribution >= 4 is 18.7 Å². The van der Waals surface area contributed by atoms with E-state index in [1.54, 1.807) is 0 Å². The first-order valence-corrected chi connectivity index (χ1v) is 24.7. The van der Waals surface area contributed by atoms with E-state index >= 15 is 0 Å². The molecule has 5 aromatic rings. The third kappa shape index (κ3) is 12.2. The molecule has 61 heavy (non-hydrogen) atoms. The van der Waals surface area contributed by atoms with Crippen LogP contribution in [0, 0.1) is 29.6 Å². The van der Waals surface area contributed by atoms with Gasteiger partial charge in [-0.1, -0.05) is 207 Å². The molecule has 0 radical (unpaired) electrons. The number of benzene rings is 5. The van der Waals surface area contributed by atoms with Crippen molar-refractivity contribution in [1.29, 1.82) is 0 Å². The molecular weight excluding hydrogens is 769 g/mol. The molecule has 0 N–H and O–H groups in total. The van der Waals surface area contributed by atoms with Gasteiger partial charge in [-0.25, -0.2) is 0 Å². The molecule has 0 aromatic heterocycles. The molecule has 9 atom stereocenters. The van der Waals surface area contributed by atoms with Gasteiger partial charge in [-0.3, -0.25) is 0 Å². The van der Waals surface area contributed by atoms with E-state index in [9.17, 15) is 0 Å². The van der Waals surface area contributed by atoms with E-state index < -0.39 is 8.32 Å². The summed E-state index contributed by atoms with van der Waals surface area (Å²) in [5.74, 6) is 0.843. The average Bonchev–Trinajstić information content (AvgIpc) is 3.28. The standard InChI is InChI=1S/C55H72O5Si/c1-41-34-35-51(42(2)37-59-61(55(6,7)8,49-30-20-12-21-31-49)50-32-22-13-23-33-50)60-53(41)45(5)54(58-40-48-28-18-11-19-29-48)44(4)52(57-39-47-26-16-10-17-27-47)43(3)36-56-38-46-24-14-9-15-25-46/h9-33,41-45,51-54H,34-40H2,1-8H3/t41-,42+,43-,44-,45+,51-,52-,53-,54-/m0/s1. The van der Waals surface area contributed by atoms with Crippen LogP contribution in [0.15, 0.2) is 152 Å². The van der Waals surface area contributed by atoms with E-state index in [1.165, 1.54) is 15.9 Å². The summed E-state index contributed by atoms with van der Waals surface area (Å²) in [6, 6.07) is 53.4. The van der Waals surface area contributed by atoms with Crippen molar-refractivity contribution in [3.8, 4) is 0 Å². The Kier molecular flexibility index (Phi) is 17.2. The third-order valence-corrected chi connectivity index (χ3v) is 18.1. The second kappa shape index (κ2) is 22.5. The maximum Gasteiger partial charge on any atom is 0.261 e. The fourth-order valence-corrected chi connectivity index (χ4v) is 14.4. The summed E-state index contributed by atoms with van der Waals surface area (Å²) in [5.41, 5.74) is 3.50. The first kappa shape index (κ1) is 46.6. The number of hydrogen-bond acceptors (Lipinski definition) is 5. The summed E-state index contributed by atoms with van der Waals surface area (Å²) < 4.78 is 35.3. The molecule has 1 heterocycles. The smallest absolute Gasteiger partial charge is 0.261 e. The van der Waals surface area contributed by atoms with Crippen molar-refractivity contribution in [2.75, 3.05) is 13.2 Å². The molecule has 0 bridgehead atoms. The van der Waals surface area contributed by atoms with E-state index in [2.05, 4.69) is 201 Å². The molecule has 5 aromatic carbocycles. The maximum atomic E-state index is 7.46. The molecule has 0 saturated carbocycles. The molecule has 5 nitrogen and oxygen atoms in total. The predicted molar refractivity (Wildman–Crippen MR) is 253 cm³/mol. The van der Waals surface area contributed by atoms with Crippen LogP contribution in [0.4, 0.5) is 0 Å². The maximum absolute atomic E-state index is 7.46. The molecule has 1 saturated heterocycles. The van der Waals surface area contributed by atoms with Crippen LogP contribution in [0.5, 0.6) is 0 Å². The van der Waals surface area contributed by atoms with E-state index in [0.29, 0.717) is 39.0 Å². The molecule has 0 amide bonds. The molecule has 1 aliphatic rings. The third-order valence-electron chi connectivity index (χ3n) is 13.1. The molecule has 0 unspecified atom stereocenters. The quantitative estimate of drug-likeness (QED) is 0.0689. The van der Waals surface area contributed by atoms with E-state index in [0.717, 1.165) is 24.0 Å². The molecule has 1 aliphatic heterocycles. The highest BCUT2D eigenvalue weighted by molar-refractivity contribution is 6.99. The van der Waals surface area contributed by atoms with Crippen LogP contribution in [-0.4, -0.2) is 45.9 Å². The zero-order valence-electron chi connectivity index (χ0n) is 38.1. The fraction of sp³-hybridized carbons (Fsp3) is 0.455. The summed E-state index contributed by atoms with van der Waals surface area (Å²) in [6.45, 7) is 21.5. The molecule has 326 valence electrons. The summed E-state index contributed by atoms with van der Waals surface area (Å²) in [4.78, 5) is 0. The summed E-state index contributed by atoms with van der Waals surface area (Å²) in [7, 11) is -2.69. The molecule has 0 aliphatic carbocycles. The van der Waals surface area contributed by atoms with Crippen LogP contribution >= 0.6 is 0 Å². The second-order valence-electron chi connectivity index (χ2n) is 18.9. The van der Waals surface area contributed by atoms with Gasteiger partial charge in [-0.2, -0.15) is 0 Å². The van der Waals surface area contributed by atoms with Gasteiger partial charge in [0.05, 0.1) is 50.8 Å². The lowest BCUT2D eigenvalue weighted by molar-refractivity contribution is -0.174. The van der Waals surface area contributed by atoms with Gasteiger partial charge in [-0.05, 0) is 50.9 Å². The van der Waals surface area contributed by atoms with Crippen LogP contribution in [0.3, 0.4) is 0 Å². The first-order chi connectivity index (χ1) is 29.5. The Morgan fingerprint density at radius 1 is 0.574 bits per heavy atom. The Labute approximate surface area is 369 Å².